The van der Waals surface area contributed by atoms with E-state index >= 15 is 0 Å². The molecule has 1 amide bonds. The second-order valence-electron chi connectivity index (χ2n) is 9.98. The summed E-state index contributed by atoms with van der Waals surface area (Å²) in [5, 5.41) is 5.84. The van der Waals surface area contributed by atoms with Crippen molar-refractivity contribution in [2.24, 2.45) is 0 Å². The third kappa shape index (κ3) is 6.14. The minimum atomic E-state index is -0.122. The normalized spacial score (nSPS) is 13.2. The van der Waals surface area contributed by atoms with Crippen molar-refractivity contribution in [3.63, 3.8) is 0 Å². The number of hydrogen-bond acceptors (Lipinski definition) is 6. The van der Waals surface area contributed by atoms with Crippen molar-refractivity contribution < 1.29 is 14.3 Å². The summed E-state index contributed by atoms with van der Waals surface area (Å²) in [7, 11) is 4.40. The van der Waals surface area contributed by atoms with Gasteiger partial charge < -0.3 is 14.0 Å². The van der Waals surface area contributed by atoms with Crippen molar-refractivity contribution >= 4 is 43.3 Å². The van der Waals surface area contributed by atoms with Crippen molar-refractivity contribution in [1.82, 2.24) is 22.4 Å². The number of hydrogen-bond donors (Lipinski definition) is 0. The zero-order valence-electron chi connectivity index (χ0n) is 22.6. The van der Waals surface area contributed by atoms with Gasteiger partial charge in [0.25, 0.3) is 11.5 Å². The van der Waals surface area contributed by atoms with E-state index in [9.17, 15) is 9.59 Å². The quantitative estimate of drug-likeness (QED) is 0.153. The number of methoxy groups -OCH3 is 1. The summed E-state index contributed by atoms with van der Waals surface area (Å²) in [5.41, 5.74) is 6.13. The van der Waals surface area contributed by atoms with Crippen LogP contribution in [0.2, 0.25) is 0 Å². The highest BCUT2D eigenvalue weighted by atomic mass is 127. The summed E-state index contributed by atoms with van der Waals surface area (Å²) >= 11 is 2.05. The second kappa shape index (κ2) is 12.2. The fraction of sp³-hybridized carbons (Fsp3) is 0.310. The van der Waals surface area contributed by atoms with Crippen LogP contribution >= 0.6 is 32.1 Å². The molecule has 1 fully saturated rings. The number of nitrogens with zero attached hydrogens (tertiary/aromatic N) is 5. The van der Waals surface area contributed by atoms with E-state index < -0.39 is 0 Å². The Morgan fingerprint density at radius 2 is 1.98 bits per heavy atom. The summed E-state index contributed by atoms with van der Waals surface area (Å²) < 4.78 is 16.0. The standard InChI is InChI=1S/C29H31IN5O4P/c1-18-4-7-27(36)33(11-18)13-21-6-5-20(10-26(21)40)12-34-14-23(28(32-34)22-16-39-17-22)29(37)35(30)15-24-19(2)25(38-3)8-9-31-24/h4-11,14,22H,12-13,15-17,40H2,1-3H3. The molecular formula is C29H31IN5O4P. The highest BCUT2D eigenvalue weighted by molar-refractivity contribution is 14.1. The molecule has 0 aliphatic carbocycles. The Morgan fingerprint density at radius 1 is 1.18 bits per heavy atom. The fourth-order valence-electron chi connectivity index (χ4n) is 4.68. The lowest BCUT2D eigenvalue weighted by molar-refractivity contribution is 0.00615. The van der Waals surface area contributed by atoms with E-state index in [4.69, 9.17) is 14.6 Å². The Balaban J connectivity index is 1.35. The van der Waals surface area contributed by atoms with Gasteiger partial charge >= 0.3 is 0 Å². The zero-order valence-corrected chi connectivity index (χ0v) is 25.9. The van der Waals surface area contributed by atoms with Crippen LogP contribution in [0.25, 0.3) is 0 Å². The highest BCUT2D eigenvalue weighted by Gasteiger charge is 2.31. The number of amides is 1. The number of aromatic nitrogens is 4. The van der Waals surface area contributed by atoms with Gasteiger partial charge in [0.05, 0.1) is 85.7 Å². The van der Waals surface area contributed by atoms with E-state index in [0.29, 0.717) is 38.4 Å². The van der Waals surface area contributed by atoms with Crippen LogP contribution in [0.5, 0.6) is 5.75 Å². The van der Waals surface area contributed by atoms with Crippen LogP contribution in [0.4, 0.5) is 0 Å². The van der Waals surface area contributed by atoms with E-state index in [2.05, 4.69) is 20.3 Å². The van der Waals surface area contributed by atoms with Gasteiger partial charge in [-0.05, 0) is 48.0 Å². The molecule has 0 spiro atoms. The molecule has 1 unspecified atom stereocenters. The predicted molar refractivity (Wildman–Crippen MR) is 165 cm³/mol. The van der Waals surface area contributed by atoms with E-state index in [-0.39, 0.29) is 17.4 Å². The van der Waals surface area contributed by atoms with Gasteiger partial charge in [0, 0.05) is 30.2 Å². The smallest absolute Gasteiger partial charge is 0.266 e. The molecule has 1 aliphatic heterocycles. The maximum absolute atomic E-state index is 13.6. The van der Waals surface area contributed by atoms with Crippen LogP contribution in [0.1, 0.15) is 49.9 Å². The van der Waals surface area contributed by atoms with Crippen LogP contribution in [-0.4, -0.2) is 48.7 Å². The first kappa shape index (κ1) is 28.4. The van der Waals surface area contributed by atoms with Crippen molar-refractivity contribution in [3.8, 4) is 5.75 Å². The molecule has 208 valence electrons. The monoisotopic (exact) mass is 671 g/mol. The van der Waals surface area contributed by atoms with Gasteiger partial charge in [-0.2, -0.15) is 5.10 Å². The van der Waals surface area contributed by atoms with Crippen molar-refractivity contribution in [2.75, 3.05) is 20.3 Å². The maximum atomic E-state index is 13.6. The zero-order chi connectivity index (χ0) is 28.4. The van der Waals surface area contributed by atoms with Crippen LogP contribution in [0.3, 0.4) is 0 Å². The summed E-state index contributed by atoms with van der Waals surface area (Å²) in [5.74, 6) is 0.713. The molecule has 1 atom stereocenters. The second-order valence-corrected chi connectivity index (χ2v) is 11.8. The molecule has 4 heterocycles. The number of carbonyl (C=O) groups excluding carboxylic acids is 1. The van der Waals surface area contributed by atoms with Crippen LogP contribution in [0, 0.1) is 13.8 Å². The molecule has 0 radical (unpaired) electrons. The number of benzene rings is 1. The van der Waals surface area contributed by atoms with Crippen LogP contribution < -0.4 is 15.6 Å². The number of rotatable bonds is 9. The summed E-state index contributed by atoms with van der Waals surface area (Å²) in [6.07, 6.45) is 5.39. The fourth-order valence-corrected chi connectivity index (χ4v) is 5.67. The van der Waals surface area contributed by atoms with Crippen molar-refractivity contribution in [3.05, 3.63) is 105 Å². The van der Waals surface area contributed by atoms with E-state index in [1.54, 1.807) is 27.1 Å². The minimum Gasteiger partial charge on any atom is -0.496 e. The van der Waals surface area contributed by atoms with Crippen LogP contribution in [0.15, 0.2) is 59.8 Å². The van der Waals surface area contributed by atoms with Crippen LogP contribution in [-0.2, 0) is 24.4 Å². The summed E-state index contributed by atoms with van der Waals surface area (Å²) in [6.45, 7) is 6.38. The molecule has 0 N–H and O–H groups in total. The minimum absolute atomic E-state index is 0.0260. The van der Waals surface area contributed by atoms with E-state index in [1.165, 1.54) is 0 Å². The number of aryl methyl sites for hydroxylation is 1. The lowest BCUT2D eigenvalue weighted by atomic mass is 10.00. The van der Waals surface area contributed by atoms with Gasteiger partial charge in [0.15, 0.2) is 0 Å². The molecule has 1 aliphatic rings. The van der Waals surface area contributed by atoms with Crippen molar-refractivity contribution in [2.45, 2.75) is 39.4 Å². The number of pyridine rings is 2. The number of carbonyl (C=O) groups is 1. The molecule has 3 aromatic heterocycles. The molecule has 9 nitrogen and oxygen atoms in total. The lowest BCUT2D eigenvalue weighted by Gasteiger charge is -2.25. The van der Waals surface area contributed by atoms with E-state index in [1.807, 2.05) is 78.1 Å². The first-order valence-electron chi connectivity index (χ1n) is 12.9. The maximum Gasteiger partial charge on any atom is 0.266 e. The summed E-state index contributed by atoms with van der Waals surface area (Å²) in [6, 6.07) is 11.4. The van der Waals surface area contributed by atoms with Gasteiger partial charge in [0.1, 0.15) is 5.75 Å². The third-order valence-corrected chi connectivity index (χ3v) is 8.38. The van der Waals surface area contributed by atoms with Gasteiger partial charge in [-0.25, -0.2) is 0 Å². The molecule has 0 bridgehead atoms. The first-order chi connectivity index (χ1) is 19.2. The average Bonchev–Trinajstić information content (AvgIpc) is 3.30. The Morgan fingerprint density at radius 3 is 2.67 bits per heavy atom. The molecule has 0 saturated carbocycles. The lowest BCUT2D eigenvalue weighted by Crippen LogP contribution is -2.29. The SMILES string of the molecule is COc1ccnc(CN(I)C(=O)c2cn(Cc3ccc(Cn4cc(C)ccc4=O)c(P)c3)nc2C2COC2)c1C. The predicted octanol–water partition coefficient (Wildman–Crippen LogP) is 3.77. The highest BCUT2D eigenvalue weighted by Crippen LogP contribution is 2.29. The summed E-state index contributed by atoms with van der Waals surface area (Å²) in [4.78, 5) is 30.3. The average molecular weight is 671 g/mol. The molecular weight excluding hydrogens is 640 g/mol. The number of halogens is 1. The first-order valence-corrected chi connectivity index (χ1v) is 14.4. The third-order valence-electron chi connectivity index (χ3n) is 7.06. The molecule has 1 aromatic carbocycles. The Labute approximate surface area is 249 Å². The number of ether oxygens (including phenoxy) is 2. The molecule has 5 rings (SSSR count). The van der Waals surface area contributed by atoms with Gasteiger partial charge in [-0.3, -0.25) is 22.4 Å². The van der Waals surface area contributed by atoms with Gasteiger partial charge in [0.2, 0.25) is 0 Å². The topological polar surface area (TPSA) is 91.5 Å². The molecule has 1 saturated heterocycles. The van der Waals surface area contributed by atoms with E-state index in [0.717, 1.165) is 44.7 Å². The largest absolute Gasteiger partial charge is 0.496 e. The Bertz CT molecular complexity index is 1610. The van der Waals surface area contributed by atoms with Crippen molar-refractivity contribution in [1.29, 1.82) is 0 Å². The molecule has 40 heavy (non-hydrogen) atoms. The Hall–Kier alpha value is -3.08. The Kier molecular flexibility index (Phi) is 8.68. The van der Waals surface area contributed by atoms with Gasteiger partial charge in [-0.1, -0.05) is 18.2 Å². The molecule has 11 heteroatoms. The molecule has 4 aromatic rings. The van der Waals surface area contributed by atoms with Gasteiger partial charge in [-0.15, -0.1) is 9.24 Å².